The first-order valence-electron chi connectivity index (χ1n) is 6.75. The predicted octanol–water partition coefficient (Wildman–Crippen LogP) is 2.44. The standard InChI is InChI=1S/C16H18N2O3/c1-10(2)21-13-7-5-12(6-8-13)15-9-14(11(3)19)16(20)18(4)17-15/h5-10H,1-4H3. The van der Waals surface area contributed by atoms with Crippen LogP contribution in [0.25, 0.3) is 11.3 Å². The van der Waals surface area contributed by atoms with Gasteiger partial charge >= 0.3 is 0 Å². The van der Waals surface area contributed by atoms with Crippen LogP contribution in [0.2, 0.25) is 0 Å². The first-order chi connectivity index (χ1) is 9.88. The molecule has 0 bridgehead atoms. The van der Waals surface area contributed by atoms with Crippen LogP contribution in [-0.4, -0.2) is 21.7 Å². The molecular formula is C16H18N2O3. The molecule has 0 unspecified atom stereocenters. The molecule has 0 amide bonds. The van der Waals surface area contributed by atoms with Gasteiger partial charge in [0.25, 0.3) is 5.56 Å². The second kappa shape index (κ2) is 5.91. The average molecular weight is 286 g/mol. The van der Waals surface area contributed by atoms with E-state index in [9.17, 15) is 9.59 Å². The van der Waals surface area contributed by atoms with E-state index in [1.165, 1.54) is 24.7 Å². The Kier molecular flexibility index (Phi) is 4.21. The zero-order valence-corrected chi connectivity index (χ0v) is 12.6. The van der Waals surface area contributed by atoms with E-state index in [0.29, 0.717) is 5.69 Å². The molecule has 0 aliphatic heterocycles. The Balaban J connectivity index is 2.42. The molecule has 1 aromatic carbocycles. The number of ketones is 1. The maximum absolute atomic E-state index is 11.8. The summed E-state index contributed by atoms with van der Waals surface area (Å²) < 4.78 is 6.77. The summed E-state index contributed by atoms with van der Waals surface area (Å²) in [5.41, 5.74) is 1.17. The van der Waals surface area contributed by atoms with Gasteiger partial charge in [-0.3, -0.25) is 9.59 Å². The molecule has 0 saturated carbocycles. The molecule has 0 atom stereocenters. The third-order valence-corrected chi connectivity index (χ3v) is 2.96. The van der Waals surface area contributed by atoms with E-state index in [4.69, 9.17) is 4.74 Å². The Bertz CT molecular complexity index is 715. The fraction of sp³-hybridized carbons (Fsp3) is 0.312. The third-order valence-electron chi connectivity index (χ3n) is 2.96. The van der Waals surface area contributed by atoms with Crippen LogP contribution in [0.15, 0.2) is 35.1 Å². The SMILES string of the molecule is CC(=O)c1cc(-c2ccc(OC(C)C)cc2)nn(C)c1=O. The summed E-state index contributed by atoms with van der Waals surface area (Å²) in [5.74, 6) is 0.504. The molecule has 0 saturated heterocycles. The summed E-state index contributed by atoms with van der Waals surface area (Å²) in [5, 5.41) is 4.19. The lowest BCUT2D eigenvalue weighted by Crippen LogP contribution is -2.25. The van der Waals surface area contributed by atoms with Crippen molar-refractivity contribution in [3.63, 3.8) is 0 Å². The Morgan fingerprint density at radius 1 is 1.24 bits per heavy atom. The van der Waals surface area contributed by atoms with Crippen LogP contribution in [0.5, 0.6) is 5.75 Å². The second-order valence-electron chi connectivity index (χ2n) is 5.12. The molecule has 5 nitrogen and oxygen atoms in total. The van der Waals surface area contributed by atoms with Gasteiger partial charge in [-0.1, -0.05) is 0 Å². The van der Waals surface area contributed by atoms with E-state index in [1.807, 2.05) is 38.1 Å². The third kappa shape index (κ3) is 3.37. The minimum absolute atomic E-state index is 0.107. The number of hydrogen-bond acceptors (Lipinski definition) is 4. The van der Waals surface area contributed by atoms with E-state index >= 15 is 0 Å². The van der Waals surface area contributed by atoms with Gasteiger partial charge in [-0.05, 0) is 51.1 Å². The van der Waals surface area contributed by atoms with Crippen molar-refractivity contribution < 1.29 is 9.53 Å². The molecule has 21 heavy (non-hydrogen) atoms. The lowest BCUT2D eigenvalue weighted by atomic mass is 10.1. The number of carbonyl (C=O) groups excluding carboxylic acids is 1. The molecule has 1 aromatic heterocycles. The van der Waals surface area contributed by atoms with Crippen LogP contribution < -0.4 is 10.3 Å². The molecule has 0 fully saturated rings. The number of rotatable bonds is 4. The number of Topliss-reactive ketones (excluding diaryl/α,β-unsaturated/α-hetero) is 1. The lowest BCUT2D eigenvalue weighted by Gasteiger charge is -2.10. The van der Waals surface area contributed by atoms with Crippen molar-refractivity contribution in [1.29, 1.82) is 0 Å². The zero-order valence-electron chi connectivity index (χ0n) is 12.6. The largest absolute Gasteiger partial charge is 0.491 e. The van der Waals surface area contributed by atoms with Crippen molar-refractivity contribution in [2.45, 2.75) is 26.9 Å². The van der Waals surface area contributed by atoms with Crippen LogP contribution in [0.1, 0.15) is 31.1 Å². The fourth-order valence-electron chi connectivity index (χ4n) is 1.98. The highest BCUT2D eigenvalue weighted by Crippen LogP contribution is 2.21. The van der Waals surface area contributed by atoms with Crippen molar-refractivity contribution in [3.8, 4) is 17.0 Å². The van der Waals surface area contributed by atoms with Gasteiger partial charge in [-0.15, -0.1) is 0 Å². The van der Waals surface area contributed by atoms with Crippen LogP contribution in [0.3, 0.4) is 0 Å². The van der Waals surface area contributed by atoms with E-state index in [0.717, 1.165) is 11.3 Å². The summed E-state index contributed by atoms with van der Waals surface area (Å²) in [6, 6.07) is 8.93. The first-order valence-corrected chi connectivity index (χ1v) is 6.75. The first kappa shape index (κ1) is 15.0. The van der Waals surface area contributed by atoms with Gasteiger partial charge in [0, 0.05) is 12.6 Å². The van der Waals surface area contributed by atoms with Crippen LogP contribution in [0.4, 0.5) is 0 Å². The Morgan fingerprint density at radius 2 is 1.86 bits per heavy atom. The average Bonchev–Trinajstić information content (AvgIpc) is 2.41. The molecule has 0 spiro atoms. The maximum atomic E-state index is 11.8. The van der Waals surface area contributed by atoms with Gasteiger partial charge in [0.15, 0.2) is 5.78 Å². The minimum Gasteiger partial charge on any atom is -0.491 e. The summed E-state index contributed by atoms with van der Waals surface area (Å²) in [6.07, 6.45) is 0.107. The van der Waals surface area contributed by atoms with Crippen molar-refractivity contribution in [2.24, 2.45) is 7.05 Å². The van der Waals surface area contributed by atoms with Crippen molar-refractivity contribution in [1.82, 2.24) is 9.78 Å². The Morgan fingerprint density at radius 3 is 2.38 bits per heavy atom. The van der Waals surface area contributed by atoms with E-state index in [-0.39, 0.29) is 23.0 Å². The number of carbonyl (C=O) groups is 1. The van der Waals surface area contributed by atoms with E-state index < -0.39 is 0 Å². The molecule has 1 heterocycles. The minimum atomic E-state index is -0.383. The van der Waals surface area contributed by atoms with Gasteiger partial charge in [0.05, 0.1) is 17.4 Å². The highest BCUT2D eigenvalue weighted by Gasteiger charge is 2.11. The molecule has 0 aliphatic rings. The Hall–Kier alpha value is -2.43. The highest BCUT2D eigenvalue weighted by atomic mass is 16.5. The molecule has 5 heteroatoms. The number of hydrogen-bond donors (Lipinski definition) is 0. The maximum Gasteiger partial charge on any atom is 0.277 e. The van der Waals surface area contributed by atoms with Crippen LogP contribution in [-0.2, 0) is 7.05 Å². The van der Waals surface area contributed by atoms with Crippen LogP contribution in [0, 0.1) is 0 Å². The van der Waals surface area contributed by atoms with Gasteiger partial charge in [-0.2, -0.15) is 5.10 Å². The smallest absolute Gasteiger partial charge is 0.277 e. The molecule has 0 aliphatic carbocycles. The van der Waals surface area contributed by atoms with E-state index in [1.54, 1.807) is 0 Å². The molecule has 0 radical (unpaired) electrons. The van der Waals surface area contributed by atoms with Gasteiger partial charge < -0.3 is 4.74 Å². The molecular weight excluding hydrogens is 268 g/mol. The van der Waals surface area contributed by atoms with Crippen molar-refractivity contribution >= 4 is 5.78 Å². The number of aromatic nitrogens is 2. The van der Waals surface area contributed by atoms with Gasteiger partial charge in [0.2, 0.25) is 0 Å². The number of ether oxygens (including phenoxy) is 1. The zero-order chi connectivity index (χ0) is 15.6. The van der Waals surface area contributed by atoms with Gasteiger partial charge in [0.1, 0.15) is 5.75 Å². The molecule has 110 valence electrons. The normalized spacial score (nSPS) is 10.7. The number of nitrogens with zero attached hydrogens (tertiary/aromatic N) is 2. The van der Waals surface area contributed by atoms with E-state index in [2.05, 4.69) is 5.10 Å². The summed E-state index contributed by atoms with van der Waals surface area (Å²) in [4.78, 5) is 23.3. The summed E-state index contributed by atoms with van der Waals surface area (Å²) >= 11 is 0. The number of benzene rings is 1. The van der Waals surface area contributed by atoms with Crippen LogP contribution >= 0.6 is 0 Å². The monoisotopic (exact) mass is 286 g/mol. The quantitative estimate of drug-likeness (QED) is 0.810. The second-order valence-corrected chi connectivity index (χ2v) is 5.12. The summed E-state index contributed by atoms with van der Waals surface area (Å²) in [7, 11) is 1.54. The Labute approximate surface area is 123 Å². The predicted molar refractivity (Wildman–Crippen MR) is 80.7 cm³/mol. The fourth-order valence-corrected chi connectivity index (χ4v) is 1.98. The summed E-state index contributed by atoms with van der Waals surface area (Å²) in [6.45, 7) is 5.29. The highest BCUT2D eigenvalue weighted by molar-refractivity contribution is 5.94. The van der Waals surface area contributed by atoms with Crippen molar-refractivity contribution in [3.05, 3.63) is 46.2 Å². The van der Waals surface area contributed by atoms with Crippen molar-refractivity contribution in [2.75, 3.05) is 0 Å². The topological polar surface area (TPSA) is 61.2 Å². The molecule has 2 aromatic rings. The molecule has 2 rings (SSSR count). The van der Waals surface area contributed by atoms with Gasteiger partial charge in [-0.25, -0.2) is 4.68 Å². The molecule has 0 N–H and O–H groups in total. The lowest BCUT2D eigenvalue weighted by molar-refractivity contribution is 0.101. The number of aryl methyl sites for hydroxylation is 1.